The smallest absolute Gasteiger partial charge is 0.363 e. The van der Waals surface area contributed by atoms with E-state index < -0.39 is 37.4 Å². The minimum Gasteiger partial charge on any atom is -0.363 e. The third-order valence-electron chi connectivity index (χ3n) is 3.10. The fourth-order valence-electron chi connectivity index (χ4n) is 2.24. The van der Waals surface area contributed by atoms with Crippen molar-refractivity contribution in [1.82, 2.24) is 9.97 Å². The molecule has 110 valence electrons. The van der Waals surface area contributed by atoms with E-state index in [9.17, 15) is 19.0 Å². The molecule has 9 nitrogen and oxygen atoms in total. The molecular formula is C9H10ClN2O7P. The van der Waals surface area contributed by atoms with Gasteiger partial charge in [-0.3, -0.25) is 18.8 Å². The normalized spacial score (nSPS) is 36.8. The number of aromatic amines is 2. The summed E-state index contributed by atoms with van der Waals surface area (Å²) in [6, 6.07) is 0. The molecule has 2 aliphatic heterocycles. The lowest BCUT2D eigenvalue weighted by molar-refractivity contribution is -0.0534. The molecule has 3 rings (SSSR count). The molecule has 1 aromatic rings. The number of phosphoric ester groups is 1. The first-order valence-electron chi connectivity index (χ1n) is 5.69. The van der Waals surface area contributed by atoms with Crippen LogP contribution in [0.2, 0.25) is 5.02 Å². The molecular weight excluding hydrogens is 315 g/mol. The summed E-state index contributed by atoms with van der Waals surface area (Å²) < 4.78 is 26.4. The molecule has 0 amide bonds. The molecule has 3 N–H and O–H groups in total. The maximum atomic E-state index is 11.4. The molecule has 3 heterocycles. The van der Waals surface area contributed by atoms with Crippen molar-refractivity contribution in [2.24, 2.45) is 0 Å². The molecule has 1 aromatic heterocycles. The van der Waals surface area contributed by atoms with E-state index in [2.05, 4.69) is 9.51 Å². The van der Waals surface area contributed by atoms with Gasteiger partial charge >= 0.3 is 13.5 Å². The average molecular weight is 325 g/mol. The third-order valence-corrected chi connectivity index (χ3v) is 4.49. The van der Waals surface area contributed by atoms with E-state index in [1.807, 2.05) is 4.98 Å². The van der Waals surface area contributed by atoms with Crippen molar-refractivity contribution in [3.05, 3.63) is 31.6 Å². The molecule has 11 heteroatoms. The quantitative estimate of drug-likeness (QED) is 0.622. The summed E-state index contributed by atoms with van der Waals surface area (Å²) in [5, 5.41) is -0.193. The lowest BCUT2D eigenvalue weighted by Crippen LogP contribution is -2.32. The molecule has 2 saturated heterocycles. The van der Waals surface area contributed by atoms with Crippen LogP contribution >= 0.6 is 19.4 Å². The summed E-state index contributed by atoms with van der Waals surface area (Å²) >= 11 is 5.83. The first-order valence-corrected chi connectivity index (χ1v) is 7.56. The highest BCUT2D eigenvalue weighted by atomic mass is 35.5. The van der Waals surface area contributed by atoms with Gasteiger partial charge in [-0.15, -0.1) is 0 Å². The van der Waals surface area contributed by atoms with Gasteiger partial charge < -0.3 is 14.6 Å². The Balaban J connectivity index is 1.90. The Morgan fingerprint density at radius 2 is 2.05 bits per heavy atom. The molecule has 2 aliphatic rings. The molecule has 2 fully saturated rings. The number of hydrogen-bond acceptors (Lipinski definition) is 6. The van der Waals surface area contributed by atoms with Gasteiger partial charge in [-0.2, -0.15) is 0 Å². The number of hydrogen-bond donors (Lipinski definition) is 3. The van der Waals surface area contributed by atoms with Gasteiger partial charge in [0.1, 0.15) is 23.3 Å². The molecule has 4 atom stereocenters. The second-order valence-electron chi connectivity index (χ2n) is 4.44. The first kappa shape index (κ1) is 14.0. The predicted molar refractivity (Wildman–Crippen MR) is 65.6 cm³/mol. The van der Waals surface area contributed by atoms with E-state index in [0.29, 0.717) is 0 Å². The van der Waals surface area contributed by atoms with Gasteiger partial charge in [-0.05, 0) is 0 Å². The molecule has 0 radical (unpaired) electrons. The Morgan fingerprint density at radius 3 is 2.80 bits per heavy atom. The number of H-pyrrole nitrogens is 2. The van der Waals surface area contributed by atoms with Crippen molar-refractivity contribution in [2.75, 3.05) is 6.61 Å². The zero-order chi connectivity index (χ0) is 14.5. The fourth-order valence-corrected chi connectivity index (χ4v) is 3.42. The van der Waals surface area contributed by atoms with Crippen LogP contribution in [0.25, 0.3) is 0 Å². The number of ether oxygens (including phenoxy) is 1. The minimum atomic E-state index is -4.06. The zero-order valence-corrected chi connectivity index (χ0v) is 11.5. The molecule has 20 heavy (non-hydrogen) atoms. The van der Waals surface area contributed by atoms with Crippen molar-refractivity contribution in [2.45, 2.75) is 24.7 Å². The van der Waals surface area contributed by atoms with Crippen molar-refractivity contribution in [3.63, 3.8) is 0 Å². The van der Waals surface area contributed by atoms with Crippen LogP contribution in [0, 0.1) is 0 Å². The highest BCUT2D eigenvalue weighted by Gasteiger charge is 2.46. The van der Waals surface area contributed by atoms with Crippen LogP contribution in [0.5, 0.6) is 0 Å². The second-order valence-corrected chi connectivity index (χ2v) is 6.23. The van der Waals surface area contributed by atoms with Gasteiger partial charge in [-0.25, -0.2) is 9.36 Å². The van der Waals surface area contributed by atoms with Crippen LogP contribution in [0.3, 0.4) is 0 Å². The zero-order valence-electron chi connectivity index (χ0n) is 9.87. The fraction of sp³-hybridized carbons (Fsp3) is 0.556. The number of rotatable bonds is 1. The molecule has 0 bridgehead atoms. The Morgan fingerprint density at radius 1 is 1.30 bits per heavy atom. The van der Waals surface area contributed by atoms with Crippen LogP contribution in [-0.2, 0) is 18.3 Å². The number of fused-ring (bicyclic) bond motifs is 1. The number of halogens is 1. The maximum Gasteiger partial charge on any atom is 0.472 e. The summed E-state index contributed by atoms with van der Waals surface area (Å²) in [6.45, 7) is -0.111. The SMILES string of the molecule is O=c1[nH]c([C@H]2C[C@@H]3OP(=O)(O)OC[C@H]3O2)c(Cl)c(=O)[nH]1. The van der Waals surface area contributed by atoms with Gasteiger partial charge in [0.25, 0.3) is 5.56 Å². The third kappa shape index (κ3) is 2.48. The first-order chi connectivity index (χ1) is 9.35. The Bertz CT molecular complexity index is 700. The van der Waals surface area contributed by atoms with Crippen LogP contribution in [0.4, 0.5) is 0 Å². The standard InChI is InChI=1S/C9H10ClN2O7P/c10-6-7(11-9(14)12-8(6)13)4-1-3-5(18-4)2-17-20(15,16)19-3/h3-5H,1-2H2,(H,15,16)(H2,11,12,13,14)/t3-,4+,5+/m0/s1. The number of nitrogens with one attached hydrogen (secondary N) is 2. The van der Waals surface area contributed by atoms with Crippen LogP contribution < -0.4 is 11.2 Å². The Hall–Kier alpha value is -0.960. The maximum absolute atomic E-state index is 11.4. The van der Waals surface area contributed by atoms with Gasteiger partial charge in [0.15, 0.2) is 0 Å². The van der Waals surface area contributed by atoms with Gasteiger partial charge in [0.2, 0.25) is 0 Å². The van der Waals surface area contributed by atoms with Crippen molar-refractivity contribution in [1.29, 1.82) is 0 Å². The van der Waals surface area contributed by atoms with Gasteiger partial charge in [-0.1, -0.05) is 11.6 Å². The summed E-state index contributed by atoms with van der Waals surface area (Å²) in [6.07, 6.45) is -1.76. The van der Waals surface area contributed by atoms with Crippen molar-refractivity contribution in [3.8, 4) is 0 Å². The number of phosphoric acid groups is 1. The molecule has 0 aliphatic carbocycles. The monoisotopic (exact) mass is 324 g/mol. The van der Waals surface area contributed by atoms with E-state index in [4.69, 9.17) is 20.9 Å². The van der Waals surface area contributed by atoms with E-state index in [0.717, 1.165) is 0 Å². The van der Waals surface area contributed by atoms with Gasteiger partial charge in [0.05, 0.1) is 12.3 Å². The highest BCUT2D eigenvalue weighted by molar-refractivity contribution is 7.47. The molecule has 1 unspecified atom stereocenters. The van der Waals surface area contributed by atoms with E-state index in [1.54, 1.807) is 0 Å². The van der Waals surface area contributed by atoms with Crippen LogP contribution in [0.1, 0.15) is 18.2 Å². The lowest BCUT2D eigenvalue weighted by atomic mass is 10.1. The van der Waals surface area contributed by atoms with E-state index in [-0.39, 0.29) is 23.7 Å². The van der Waals surface area contributed by atoms with Crippen molar-refractivity contribution < 1.29 is 23.2 Å². The van der Waals surface area contributed by atoms with E-state index in [1.165, 1.54) is 0 Å². The molecule has 0 aromatic carbocycles. The Labute approximate surface area is 116 Å². The second kappa shape index (κ2) is 4.80. The predicted octanol–water partition coefficient (Wildman–Crippen LogP) is 0.0624. The van der Waals surface area contributed by atoms with Crippen LogP contribution in [-0.4, -0.2) is 33.7 Å². The lowest BCUT2D eigenvalue weighted by Gasteiger charge is -2.26. The van der Waals surface area contributed by atoms with Crippen LogP contribution in [0.15, 0.2) is 9.59 Å². The molecule has 0 saturated carbocycles. The topological polar surface area (TPSA) is 131 Å². The summed E-state index contributed by atoms with van der Waals surface area (Å²) in [5.74, 6) is 0. The Kier molecular flexibility index (Phi) is 3.36. The summed E-state index contributed by atoms with van der Waals surface area (Å²) in [5.41, 5.74) is -1.32. The highest BCUT2D eigenvalue weighted by Crippen LogP contribution is 2.53. The minimum absolute atomic E-state index is 0.111. The van der Waals surface area contributed by atoms with E-state index >= 15 is 0 Å². The number of aromatic nitrogens is 2. The summed E-state index contributed by atoms with van der Waals surface area (Å²) in [4.78, 5) is 36.3. The largest absolute Gasteiger partial charge is 0.472 e. The summed E-state index contributed by atoms with van der Waals surface area (Å²) in [7, 11) is -4.06. The van der Waals surface area contributed by atoms with Gasteiger partial charge in [0, 0.05) is 6.42 Å². The average Bonchev–Trinajstić information content (AvgIpc) is 2.74. The van der Waals surface area contributed by atoms with Crippen molar-refractivity contribution >= 4 is 19.4 Å². The molecule has 0 spiro atoms.